The number of aromatic nitrogens is 1. The predicted molar refractivity (Wildman–Crippen MR) is 204 cm³/mol. The SMILES string of the molecule is N#Cc1ccccc1-c1ccc2c3ccc(-c4ccccc4C#N)cc3n(-c3cccc4c3C(=O)N(c3cccc(-c5ccccc5)c3)C4=O)c2c1. The maximum Gasteiger partial charge on any atom is 0.268 e. The molecular weight excluding hydrogens is 641 g/mol. The first-order chi connectivity index (χ1) is 25.6. The highest BCUT2D eigenvalue weighted by Crippen LogP contribution is 2.41. The first kappa shape index (κ1) is 30.5. The molecule has 0 fully saturated rings. The zero-order chi connectivity index (χ0) is 35.3. The van der Waals surface area contributed by atoms with Crippen LogP contribution in [0.1, 0.15) is 31.8 Å². The van der Waals surface area contributed by atoms with Crippen molar-refractivity contribution >= 4 is 39.3 Å². The quantitative estimate of drug-likeness (QED) is 0.171. The molecule has 6 heteroatoms. The molecule has 7 aromatic carbocycles. The maximum atomic E-state index is 14.6. The van der Waals surface area contributed by atoms with E-state index < -0.39 is 5.91 Å². The van der Waals surface area contributed by atoms with Gasteiger partial charge in [0.05, 0.1) is 56.8 Å². The zero-order valence-corrected chi connectivity index (χ0v) is 27.6. The van der Waals surface area contributed by atoms with Crippen molar-refractivity contribution in [3.63, 3.8) is 0 Å². The third-order valence-electron chi connectivity index (χ3n) is 9.83. The number of rotatable bonds is 5. The fourth-order valence-corrected chi connectivity index (χ4v) is 7.42. The van der Waals surface area contributed by atoms with Crippen LogP contribution in [0.15, 0.2) is 158 Å². The van der Waals surface area contributed by atoms with E-state index in [0.29, 0.717) is 33.6 Å². The number of carbonyl (C=O) groups excluding carboxylic acids is 2. The standard InChI is InChI=1S/C46H26N4O2/c47-27-33-12-4-6-16-36(33)31-20-22-38-39-23-21-32(37-17-7-5-13-34(37)28-48)26-43(39)50(42(38)25-31)41-19-9-18-40-44(41)46(52)49(45(40)51)35-15-8-14-30(24-35)29-10-2-1-3-11-29/h1-26H. The summed E-state index contributed by atoms with van der Waals surface area (Å²) in [5.74, 6) is -0.798. The molecule has 1 aromatic heterocycles. The number of anilines is 1. The van der Waals surface area contributed by atoms with Crippen molar-refractivity contribution in [2.24, 2.45) is 0 Å². The summed E-state index contributed by atoms with van der Waals surface area (Å²) in [4.78, 5) is 30.0. The van der Waals surface area contributed by atoms with Crippen LogP contribution in [0.25, 0.3) is 60.9 Å². The number of hydrogen-bond acceptors (Lipinski definition) is 4. The van der Waals surface area contributed by atoms with Gasteiger partial charge in [0.1, 0.15) is 0 Å². The first-order valence-corrected chi connectivity index (χ1v) is 16.8. The van der Waals surface area contributed by atoms with E-state index in [1.165, 1.54) is 4.90 Å². The van der Waals surface area contributed by atoms with Crippen molar-refractivity contribution in [2.45, 2.75) is 0 Å². The average molecular weight is 667 g/mol. The lowest BCUT2D eigenvalue weighted by Gasteiger charge is -2.16. The van der Waals surface area contributed by atoms with Gasteiger partial charge in [-0.2, -0.15) is 10.5 Å². The van der Waals surface area contributed by atoms with E-state index in [1.807, 2.05) is 138 Å². The molecule has 0 saturated carbocycles. The van der Waals surface area contributed by atoms with Gasteiger partial charge in [-0.25, -0.2) is 4.90 Å². The minimum Gasteiger partial charge on any atom is -0.308 e. The number of imide groups is 1. The second-order valence-electron chi connectivity index (χ2n) is 12.7. The Morgan fingerprint density at radius 1 is 0.442 bits per heavy atom. The van der Waals surface area contributed by atoms with Crippen LogP contribution in [0.5, 0.6) is 0 Å². The van der Waals surface area contributed by atoms with E-state index in [9.17, 15) is 20.1 Å². The summed E-state index contributed by atoms with van der Waals surface area (Å²) in [6.45, 7) is 0. The maximum absolute atomic E-state index is 14.6. The van der Waals surface area contributed by atoms with Crippen LogP contribution >= 0.6 is 0 Å². The van der Waals surface area contributed by atoms with E-state index in [4.69, 9.17) is 0 Å². The van der Waals surface area contributed by atoms with E-state index >= 15 is 0 Å². The van der Waals surface area contributed by atoms with Crippen LogP contribution in [-0.4, -0.2) is 16.4 Å². The lowest BCUT2D eigenvalue weighted by molar-refractivity contribution is 0.0926. The van der Waals surface area contributed by atoms with Crippen LogP contribution in [0.3, 0.4) is 0 Å². The van der Waals surface area contributed by atoms with Crippen molar-refractivity contribution in [3.8, 4) is 51.2 Å². The summed E-state index contributed by atoms with van der Waals surface area (Å²) < 4.78 is 2.04. The topological polar surface area (TPSA) is 89.9 Å². The Morgan fingerprint density at radius 3 is 1.60 bits per heavy atom. The molecular formula is C46H26N4O2. The fourth-order valence-electron chi connectivity index (χ4n) is 7.42. The lowest BCUT2D eigenvalue weighted by atomic mass is 9.98. The third kappa shape index (κ3) is 4.71. The number of nitrogens with zero attached hydrogens (tertiary/aromatic N) is 4. The third-order valence-corrected chi connectivity index (χ3v) is 9.83. The Morgan fingerprint density at radius 2 is 0.981 bits per heavy atom. The molecule has 6 nitrogen and oxygen atoms in total. The van der Waals surface area contributed by atoms with Crippen LogP contribution in [0.4, 0.5) is 5.69 Å². The minimum atomic E-state index is -0.409. The van der Waals surface area contributed by atoms with E-state index in [1.54, 1.807) is 24.3 Å². The smallest absolute Gasteiger partial charge is 0.268 e. The molecule has 1 aliphatic heterocycles. The highest BCUT2D eigenvalue weighted by atomic mass is 16.2. The van der Waals surface area contributed by atoms with Crippen molar-refractivity contribution in [3.05, 3.63) is 180 Å². The minimum absolute atomic E-state index is 0.307. The van der Waals surface area contributed by atoms with Gasteiger partial charge in [0.25, 0.3) is 11.8 Å². The summed E-state index contributed by atoms with van der Waals surface area (Å²) in [5, 5.41) is 21.7. The molecule has 2 heterocycles. The Balaban J connectivity index is 1.29. The van der Waals surface area contributed by atoms with Gasteiger partial charge in [-0.3, -0.25) is 9.59 Å². The highest BCUT2D eigenvalue weighted by molar-refractivity contribution is 6.36. The first-order valence-electron chi connectivity index (χ1n) is 16.8. The van der Waals surface area contributed by atoms with Crippen LogP contribution in [-0.2, 0) is 0 Å². The molecule has 8 aromatic rings. The van der Waals surface area contributed by atoms with Gasteiger partial charge in [0.15, 0.2) is 0 Å². The Labute approximate surface area is 299 Å². The summed E-state index contributed by atoms with van der Waals surface area (Å²) in [6, 6.07) is 54.4. The molecule has 0 aliphatic carbocycles. The highest BCUT2D eigenvalue weighted by Gasteiger charge is 2.39. The van der Waals surface area contributed by atoms with Gasteiger partial charge in [-0.1, -0.05) is 109 Å². The molecule has 2 amide bonds. The molecule has 0 bridgehead atoms. The van der Waals surface area contributed by atoms with E-state index in [0.717, 1.165) is 55.2 Å². The van der Waals surface area contributed by atoms with Crippen molar-refractivity contribution < 1.29 is 9.59 Å². The number of benzene rings is 7. The Kier molecular flexibility index (Phi) is 7.10. The summed E-state index contributed by atoms with van der Waals surface area (Å²) >= 11 is 0. The normalized spacial score (nSPS) is 12.2. The van der Waals surface area contributed by atoms with Crippen LogP contribution < -0.4 is 4.90 Å². The fraction of sp³-hybridized carbons (Fsp3) is 0. The van der Waals surface area contributed by atoms with Crippen LogP contribution in [0, 0.1) is 22.7 Å². The van der Waals surface area contributed by atoms with Gasteiger partial charge in [-0.05, 0) is 81.9 Å². The summed E-state index contributed by atoms with van der Waals surface area (Å²) in [7, 11) is 0. The van der Waals surface area contributed by atoms with E-state index in [-0.39, 0.29) is 5.91 Å². The lowest BCUT2D eigenvalue weighted by Crippen LogP contribution is -2.29. The van der Waals surface area contributed by atoms with E-state index in [2.05, 4.69) is 12.1 Å². The summed E-state index contributed by atoms with van der Waals surface area (Å²) in [5.41, 5.74) is 9.56. The van der Waals surface area contributed by atoms with Gasteiger partial charge in [0.2, 0.25) is 0 Å². The average Bonchev–Trinajstić information content (AvgIpc) is 3.67. The molecule has 0 unspecified atom stereocenters. The molecule has 0 radical (unpaired) electrons. The second-order valence-corrected chi connectivity index (χ2v) is 12.7. The molecule has 0 spiro atoms. The molecule has 9 rings (SSSR count). The summed E-state index contributed by atoms with van der Waals surface area (Å²) in [6.07, 6.45) is 0. The van der Waals surface area contributed by atoms with Crippen molar-refractivity contribution in [1.29, 1.82) is 10.5 Å². The molecule has 0 saturated heterocycles. The zero-order valence-electron chi connectivity index (χ0n) is 27.6. The van der Waals surface area contributed by atoms with Crippen molar-refractivity contribution in [2.75, 3.05) is 4.90 Å². The van der Waals surface area contributed by atoms with Gasteiger partial charge < -0.3 is 4.57 Å². The number of hydrogen-bond donors (Lipinski definition) is 0. The number of carbonyl (C=O) groups is 2. The number of fused-ring (bicyclic) bond motifs is 4. The van der Waals surface area contributed by atoms with Crippen molar-refractivity contribution in [1.82, 2.24) is 4.57 Å². The monoisotopic (exact) mass is 666 g/mol. The molecule has 0 atom stereocenters. The Hall–Kier alpha value is -7.54. The number of nitriles is 2. The van der Waals surface area contributed by atoms with Crippen LogP contribution in [0.2, 0.25) is 0 Å². The number of amides is 2. The van der Waals surface area contributed by atoms with Gasteiger partial charge >= 0.3 is 0 Å². The van der Waals surface area contributed by atoms with Gasteiger partial charge in [-0.15, -0.1) is 0 Å². The molecule has 52 heavy (non-hydrogen) atoms. The Bertz CT molecular complexity index is 2760. The molecule has 242 valence electrons. The second kappa shape index (κ2) is 12.1. The largest absolute Gasteiger partial charge is 0.308 e. The predicted octanol–water partition coefficient (Wildman–Crippen LogP) is 10.3. The molecule has 0 N–H and O–H groups in total. The molecule has 1 aliphatic rings. The van der Waals surface area contributed by atoms with Gasteiger partial charge in [0, 0.05) is 10.8 Å².